The number of aliphatic hydroxyl groups is 1. The number of amides is 1. The van der Waals surface area contributed by atoms with E-state index in [-0.39, 0.29) is 12.0 Å². The van der Waals surface area contributed by atoms with Gasteiger partial charge in [0.15, 0.2) is 0 Å². The molecule has 0 saturated carbocycles. The molecular formula is C12H17NO3. The second-order valence-corrected chi connectivity index (χ2v) is 4.29. The Morgan fingerprint density at radius 2 is 2.44 bits per heavy atom. The first-order valence-electron chi connectivity index (χ1n) is 5.66. The average Bonchev–Trinajstić information content (AvgIpc) is 2.84. The van der Waals surface area contributed by atoms with Crippen LogP contribution in [0.2, 0.25) is 0 Å². The molecule has 1 aliphatic heterocycles. The smallest absolute Gasteiger partial charge is 0.223 e. The van der Waals surface area contributed by atoms with Crippen LogP contribution in [0, 0.1) is 6.92 Å². The Labute approximate surface area is 94.9 Å². The van der Waals surface area contributed by atoms with E-state index >= 15 is 0 Å². The van der Waals surface area contributed by atoms with Crippen LogP contribution in [0.1, 0.15) is 24.4 Å². The van der Waals surface area contributed by atoms with Crippen molar-refractivity contribution in [3.05, 3.63) is 23.7 Å². The topological polar surface area (TPSA) is 53.7 Å². The summed E-state index contributed by atoms with van der Waals surface area (Å²) in [5.74, 6) is 1.83. The summed E-state index contributed by atoms with van der Waals surface area (Å²) < 4.78 is 5.40. The van der Waals surface area contributed by atoms with Crippen molar-refractivity contribution in [1.29, 1.82) is 0 Å². The number of likely N-dealkylation sites (tertiary alicyclic amines) is 1. The van der Waals surface area contributed by atoms with Crippen molar-refractivity contribution in [3.63, 3.8) is 0 Å². The number of aliphatic hydroxyl groups excluding tert-OH is 1. The van der Waals surface area contributed by atoms with E-state index in [1.807, 2.05) is 19.1 Å². The number of hydrogen-bond acceptors (Lipinski definition) is 3. The zero-order valence-electron chi connectivity index (χ0n) is 9.48. The fraction of sp³-hybridized carbons (Fsp3) is 0.583. The van der Waals surface area contributed by atoms with Crippen molar-refractivity contribution in [3.8, 4) is 0 Å². The third-order valence-electron chi connectivity index (χ3n) is 2.90. The van der Waals surface area contributed by atoms with Gasteiger partial charge in [-0.15, -0.1) is 0 Å². The minimum Gasteiger partial charge on any atom is -0.466 e. The number of β-amino-alcohol motifs (C(OH)–C–C–N with tert-alkyl or cyclic N) is 1. The molecule has 2 rings (SSSR count). The monoisotopic (exact) mass is 223 g/mol. The molecule has 1 fully saturated rings. The van der Waals surface area contributed by atoms with E-state index in [0.29, 0.717) is 32.4 Å². The van der Waals surface area contributed by atoms with Gasteiger partial charge in [-0.1, -0.05) is 0 Å². The summed E-state index contributed by atoms with van der Waals surface area (Å²) in [6.45, 7) is 3.05. The van der Waals surface area contributed by atoms with Crippen LogP contribution < -0.4 is 0 Å². The molecule has 0 aliphatic carbocycles. The fourth-order valence-electron chi connectivity index (χ4n) is 1.98. The first-order valence-corrected chi connectivity index (χ1v) is 5.66. The highest BCUT2D eigenvalue weighted by atomic mass is 16.3. The molecule has 0 spiro atoms. The lowest BCUT2D eigenvalue weighted by Crippen LogP contribution is -2.29. The molecule has 1 N–H and O–H groups in total. The SMILES string of the molecule is Cc1ccc(CCC(=O)N2CC[C@@H](O)C2)o1. The lowest BCUT2D eigenvalue weighted by atomic mass is 10.2. The maximum atomic E-state index is 11.7. The highest BCUT2D eigenvalue weighted by molar-refractivity contribution is 5.76. The van der Waals surface area contributed by atoms with Crippen molar-refractivity contribution >= 4 is 5.91 Å². The van der Waals surface area contributed by atoms with Crippen LogP contribution in [-0.2, 0) is 11.2 Å². The summed E-state index contributed by atoms with van der Waals surface area (Å²) in [6, 6.07) is 3.81. The van der Waals surface area contributed by atoms with Gasteiger partial charge in [0.1, 0.15) is 11.5 Å². The lowest BCUT2D eigenvalue weighted by Gasteiger charge is -2.14. The van der Waals surface area contributed by atoms with Gasteiger partial charge < -0.3 is 14.4 Å². The molecule has 1 amide bonds. The first-order chi connectivity index (χ1) is 7.65. The maximum absolute atomic E-state index is 11.7. The summed E-state index contributed by atoms with van der Waals surface area (Å²) in [6.07, 6.45) is 1.46. The van der Waals surface area contributed by atoms with Crippen LogP contribution in [-0.4, -0.2) is 35.1 Å². The van der Waals surface area contributed by atoms with E-state index in [1.54, 1.807) is 4.90 Å². The number of carbonyl (C=O) groups is 1. The lowest BCUT2D eigenvalue weighted by molar-refractivity contribution is -0.130. The van der Waals surface area contributed by atoms with Crippen molar-refractivity contribution < 1.29 is 14.3 Å². The summed E-state index contributed by atoms with van der Waals surface area (Å²) >= 11 is 0. The van der Waals surface area contributed by atoms with E-state index < -0.39 is 0 Å². The Morgan fingerprint density at radius 3 is 3.00 bits per heavy atom. The molecule has 0 aromatic carbocycles. The van der Waals surface area contributed by atoms with Crippen molar-refractivity contribution in [2.75, 3.05) is 13.1 Å². The molecule has 2 heterocycles. The summed E-state index contributed by atoms with van der Waals surface area (Å²) in [5, 5.41) is 9.32. The fourth-order valence-corrected chi connectivity index (χ4v) is 1.98. The minimum atomic E-state index is -0.338. The standard InChI is InChI=1S/C12H17NO3/c1-9-2-3-11(16-9)4-5-12(15)13-7-6-10(14)8-13/h2-3,10,14H,4-8H2,1H3/t10-/m1/s1. The number of furan rings is 1. The van der Waals surface area contributed by atoms with E-state index in [9.17, 15) is 9.90 Å². The molecule has 16 heavy (non-hydrogen) atoms. The van der Waals surface area contributed by atoms with E-state index in [1.165, 1.54) is 0 Å². The average molecular weight is 223 g/mol. The molecule has 0 unspecified atom stereocenters. The molecule has 4 heteroatoms. The van der Waals surface area contributed by atoms with Gasteiger partial charge in [0.2, 0.25) is 5.91 Å². The molecule has 4 nitrogen and oxygen atoms in total. The Morgan fingerprint density at radius 1 is 1.62 bits per heavy atom. The van der Waals surface area contributed by atoms with Crippen LogP contribution in [0.5, 0.6) is 0 Å². The highest BCUT2D eigenvalue weighted by Gasteiger charge is 2.24. The maximum Gasteiger partial charge on any atom is 0.223 e. The Kier molecular flexibility index (Phi) is 3.29. The predicted molar refractivity (Wildman–Crippen MR) is 59.0 cm³/mol. The first kappa shape index (κ1) is 11.2. The van der Waals surface area contributed by atoms with Gasteiger partial charge in [-0.25, -0.2) is 0 Å². The van der Waals surface area contributed by atoms with E-state index in [0.717, 1.165) is 11.5 Å². The van der Waals surface area contributed by atoms with Crippen molar-refractivity contribution in [1.82, 2.24) is 4.90 Å². The predicted octanol–water partition coefficient (Wildman–Crippen LogP) is 1.11. The van der Waals surface area contributed by atoms with Crippen LogP contribution in [0.3, 0.4) is 0 Å². The second-order valence-electron chi connectivity index (χ2n) is 4.29. The molecule has 88 valence electrons. The van der Waals surface area contributed by atoms with Gasteiger partial charge in [-0.2, -0.15) is 0 Å². The van der Waals surface area contributed by atoms with Gasteiger partial charge in [0.05, 0.1) is 6.10 Å². The summed E-state index contributed by atoms with van der Waals surface area (Å²) in [5.41, 5.74) is 0. The Bertz CT molecular complexity index is 372. The van der Waals surface area contributed by atoms with Crippen LogP contribution in [0.4, 0.5) is 0 Å². The molecule has 1 saturated heterocycles. The quantitative estimate of drug-likeness (QED) is 0.835. The van der Waals surface area contributed by atoms with Gasteiger partial charge in [-0.3, -0.25) is 4.79 Å². The molecule has 1 aliphatic rings. The summed E-state index contributed by atoms with van der Waals surface area (Å²) in [7, 11) is 0. The van der Waals surface area contributed by atoms with Crippen LogP contribution in [0.25, 0.3) is 0 Å². The zero-order chi connectivity index (χ0) is 11.5. The summed E-state index contributed by atoms with van der Waals surface area (Å²) in [4.78, 5) is 13.5. The second kappa shape index (κ2) is 4.70. The molecule has 1 atom stereocenters. The molecule has 0 bridgehead atoms. The molecular weight excluding hydrogens is 206 g/mol. The molecule has 1 aromatic rings. The number of hydrogen-bond donors (Lipinski definition) is 1. The largest absolute Gasteiger partial charge is 0.466 e. The molecule has 0 radical (unpaired) electrons. The minimum absolute atomic E-state index is 0.102. The van der Waals surface area contributed by atoms with E-state index in [4.69, 9.17) is 4.42 Å². The number of rotatable bonds is 3. The zero-order valence-corrected chi connectivity index (χ0v) is 9.48. The Hall–Kier alpha value is -1.29. The van der Waals surface area contributed by atoms with Gasteiger partial charge in [-0.05, 0) is 25.5 Å². The van der Waals surface area contributed by atoms with Gasteiger partial charge in [0, 0.05) is 25.9 Å². The van der Waals surface area contributed by atoms with Gasteiger partial charge in [0.25, 0.3) is 0 Å². The van der Waals surface area contributed by atoms with Gasteiger partial charge >= 0.3 is 0 Å². The third kappa shape index (κ3) is 2.64. The van der Waals surface area contributed by atoms with E-state index in [2.05, 4.69) is 0 Å². The van der Waals surface area contributed by atoms with Crippen molar-refractivity contribution in [2.45, 2.75) is 32.3 Å². The number of aryl methyl sites for hydroxylation is 2. The van der Waals surface area contributed by atoms with Crippen LogP contribution >= 0.6 is 0 Å². The van der Waals surface area contributed by atoms with Crippen LogP contribution in [0.15, 0.2) is 16.5 Å². The highest BCUT2D eigenvalue weighted by Crippen LogP contribution is 2.13. The number of nitrogens with zero attached hydrogens (tertiary/aromatic N) is 1. The Balaban J connectivity index is 1.80. The van der Waals surface area contributed by atoms with Crippen molar-refractivity contribution in [2.24, 2.45) is 0 Å². The molecule has 1 aromatic heterocycles. The normalized spacial score (nSPS) is 20.4. The number of carbonyl (C=O) groups excluding carboxylic acids is 1. The third-order valence-corrected chi connectivity index (χ3v) is 2.90.